The number of hydrogen-bond acceptors (Lipinski definition) is 4. The molecule has 0 fully saturated rings. The van der Waals surface area contributed by atoms with Crippen molar-refractivity contribution in [2.45, 2.75) is 19.9 Å². The van der Waals surface area contributed by atoms with Crippen LogP contribution in [0.4, 0.5) is 0 Å². The maximum atomic E-state index is 8.95. The molecule has 19 heavy (non-hydrogen) atoms. The zero-order chi connectivity index (χ0) is 13.4. The lowest BCUT2D eigenvalue weighted by Crippen LogP contribution is -2.00. The highest BCUT2D eigenvalue weighted by atomic mass is 15.4. The number of pyridine rings is 1. The summed E-state index contributed by atoms with van der Waals surface area (Å²) in [5.74, 6) is 0. The fraction of sp³-hybridized carbons (Fsp3) is 0.231. The molecule has 3 heterocycles. The van der Waals surface area contributed by atoms with Crippen LogP contribution in [0.2, 0.25) is 0 Å². The van der Waals surface area contributed by atoms with E-state index < -0.39 is 0 Å². The van der Waals surface area contributed by atoms with E-state index in [1.165, 1.54) is 0 Å². The Labute approximate surface area is 109 Å². The van der Waals surface area contributed by atoms with E-state index in [1.807, 2.05) is 43.1 Å². The number of nitrogens with zero attached hydrogens (tertiary/aromatic N) is 6. The zero-order valence-electron chi connectivity index (χ0n) is 10.6. The van der Waals surface area contributed by atoms with Gasteiger partial charge in [0.1, 0.15) is 11.8 Å². The lowest BCUT2D eigenvalue weighted by Gasteiger charge is -2.01. The molecule has 0 N–H and O–H groups in total. The summed E-state index contributed by atoms with van der Waals surface area (Å²) >= 11 is 0. The molecule has 0 atom stereocenters. The quantitative estimate of drug-likeness (QED) is 0.699. The van der Waals surface area contributed by atoms with Gasteiger partial charge in [0.15, 0.2) is 0 Å². The second-order valence-electron chi connectivity index (χ2n) is 4.60. The van der Waals surface area contributed by atoms with Crippen LogP contribution in [-0.4, -0.2) is 24.6 Å². The third-order valence-corrected chi connectivity index (χ3v) is 2.97. The second-order valence-corrected chi connectivity index (χ2v) is 4.60. The van der Waals surface area contributed by atoms with E-state index in [0.29, 0.717) is 5.56 Å². The average Bonchev–Trinajstić information content (AvgIpc) is 3.04. The zero-order valence-corrected chi connectivity index (χ0v) is 10.6. The van der Waals surface area contributed by atoms with Crippen molar-refractivity contribution >= 4 is 5.52 Å². The first-order valence-corrected chi connectivity index (χ1v) is 5.99. The van der Waals surface area contributed by atoms with Gasteiger partial charge in [-0.05, 0) is 26.0 Å². The van der Waals surface area contributed by atoms with Crippen LogP contribution in [0.1, 0.15) is 25.5 Å². The summed E-state index contributed by atoms with van der Waals surface area (Å²) in [6.07, 6.45) is 5.31. The first-order valence-electron chi connectivity index (χ1n) is 5.99. The van der Waals surface area contributed by atoms with E-state index in [0.717, 1.165) is 16.8 Å². The number of rotatable bonds is 2. The molecular weight excluding hydrogens is 240 g/mol. The number of fused-ring (bicyclic) bond motifs is 1. The van der Waals surface area contributed by atoms with Crippen molar-refractivity contribution in [3.05, 3.63) is 36.3 Å². The van der Waals surface area contributed by atoms with Gasteiger partial charge in [0.25, 0.3) is 0 Å². The largest absolute Gasteiger partial charge is 0.249 e. The maximum absolute atomic E-state index is 8.95. The first kappa shape index (κ1) is 11.4. The lowest BCUT2D eigenvalue weighted by atomic mass is 10.2. The van der Waals surface area contributed by atoms with Gasteiger partial charge >= 0.3 is 0 Å². The Morgan fingerprint density at radius 1 is 1.26 bits per heavy atom. The topological polar surface area (TPSA) is 71.8 Å². The molecule has 0 spiro atoms. The first-order chi connectivity index (χ1) is 9.19. The van der Waals surface area contributed by atoms with Crippen molar-refractivity contribution in [2.24, 2.45) is 0 Å². The second kappa shape index (κ2) is 4.21. The smallest absolute Gasteiger partial charge is 0.114 e. The van der Waals surface area contributed by atoms with Crippen LogP contribution < -0.4 is 0 Å². The van der Waals surface area contributed by atoms with E-state index in [1.54, 1.807) is 10.7 Å². The molecule has 0 unspecified atom stereocenters. The molecule has 0 aromatic carbocycles. The minimum atomic E-state index is 0.278. The number of aromatic nitrogens is 5. The molecule has 0 bridgehead atoms. The van der Waals surface area contributed by atoms with Gasteiger partial charge in [0.05, 0.1) is 23.5 Å². The third-order valence-electron chi connectivity index (χ3n) is 2.97. The van der Waals surface area contributed by atoms with Crippen molar-refractivity contribution in [1.82, 2.24) is 24.6 Å². The highest BCUT2D eigenvalue weighted by Crippen LogP contribution is 2.19. The summed E-state index contributed by atoms with van der Waals surface area (Å²) < 4.78 is 3.49. The number of nitriles is 1. The average molecular weight is 252 g/mol. The molecule has 6 nitrogen and oxygen atoms in total. The van der Waals surface area contributed by atoms with Crippen LogP contribution in [-0.2, 0) is 0 Å². The molecule has 0 saturated carbocycles. The Balaban J connectivity index is 2.08. The van der Waals surface area contributed by atoms with Gasteiger partial charge in [-0.25, -0.2) is 9.20 Å². The normalized spacial score (nSPS) is 11.1. The molecule has 94 valence electrons. The molecular formula is C13H12N6. The molecule has 0 aliphatic heterocycles. The molecule has 0 aliphatic rings. The van der Waals surface area contributed by atoms with Crippen molar-refractivity contribution in [3.63, 3.8) is 0 Å². The van der Waals surface area contributed by atoms with Crippen LogP contribution in [0.15, 0.2) is 30.7 Å². The lowest BCUT2D eigenvalue weighted by molar-refractivity contribution is 0.514. The summed E-state index contributed by atoms with van der Waals surface area (Å²) in [6, 6.07) is 6.18. The van der Waals surface area contributed by atoms with Gasteiger partial charge in [-0.1, -0.05) is 5.21 Å². The summed E-state index contributed by atoms with van der Waals surface area (Å²) in [7, 11) is 0. The molecule has 0 saturated heterocycles. The van der Waals surface area contributed by atoms with Crippen LogP contribution >= 0.6 is 0 Å². The van der Waals surface area contributed by atoms with Gasteiger partial charge in [-0.2, -0.15) is 10.4 Å². The monoisotopic (exact) mass is 252 g/mol. The van der Waals surface area contributed by atoms with Crippen LogP contribution in [0.5, 0.6) is 0 Å². The van der Waals surface area contributed by atoms with Gasteiger partial charge in [0, 0.05) is 17.8 Å². The van der Waals surface area contributed by atoms with Gasteiger partial charge < -0.3 is 0 Å². The molecule has 0 amide bonds. The van der Waals surface area contributed by atoms with Crippen LogP contribution in [0, 0.1) is 11.3 Å². The van der Waals surface area contributed by atoms with Crippen molar-refractivity contribution in [2.75, 3.05) is 0 Å². The van der Waals surface area contributed by atoms with Crippen LogP contribution in [0.25, 0.3) is 16.8 Å². The minimum Gasteiger partial charge on any atom is -0.249 e. The predicted molar refractivity (Wildman–Crippen MR) is 69.3 cm³/mol. The SMILES string of the molecule is CC(C)n1cc(-c2ccc3c(C#N)cnn3c2)nn1. The van der Waals surface area contributed by atoms with Gasteiger partial charge in [-0.15, -0.1) is 5.10 Å². The van der Waals surface area contributed by atoms with E-state index in [4.69, 9.17) is 5.26 Å². The predicted octanol–water partition coefficient (Wildman–Crippen LogP) is 2.05. The molecule has 3 rings (SSSR count). The summed E-state index contributed by atoms with van der Waals surface area (Å²) in [5.41, 5.74) is 3.08. The maximum Gasteiger partial charge on any atom is 0.114 e. The van der Waals surface area contributed by atoms with E-state index in [2.05, 4.69) is 21.5 Å². The van der Waals surface area contributed by atoms with E-state index >= 15 is 0 Å². The standard InChI is InChI=1S/C13H12N6/c1-9(2)18-8-12(16-17-18)10-3-4-13-11(5-14)6-15-19(13)7-10/h3-4,6-9H,1-2H3. The van der Waals surface area contributed by atoms with Gasteiger partial charge in [-0.3, -0.25) is 0 Å². The molecule has 3 aromatic rings. The Morgan fingerprint density at radius 2 is 2.11 bits per heavy atom. The fourth-order valence-electron chi connectivity index (χ4n) is 1.88. The molecule has 0 radical (unpaired) electrons. The Hall–Kier alpha value is -2.68. The van der Waals surface area contributed by atoms with Crippen molar-refractivity contribution in [3.8, 4) is 17.3 Å². The fourth-order valence-corrected chi connectivity index (χ4v) is 1.88. The van der Waals surface area contributed by atoms with E-state index in [9.17, 15) is 0 Å². The van der Waals surface area contributed by atoms with Crippen LogP contribution in [0.3, 0.4) is 0 Å². The summed E-state index contributed by atoms with van der Waals surface area (Å²) in [6.45, 7) is 4.10. The molecule has 6 heteroatoms. The Bertz CT molecular complexity index is 774. The van der Waals surface area contributed by atoms with Crippen molar-refractivity contribution in [1.29, 1.82) is 5.26 Å². The summed E-state index contributed by atoms with van der Waals surface area (Å²) in [4.78, 5) is 0. The number of hydrogen-bond donors (Lipinski definition) is 0. The third kappa shape index (κ3) is 1.85. The Kier molecular flexibility index (Phi) is 2.53. The summed E-state index contributed by atoms with van der Waals surface area (Å²) in [5, 5.41) is 21.3. The molecule has 3 aromatic heterocycles. The van der Waals surface area contributed by atoms with Gasteiger partial charge in [0.2, 0.25) is 0 Å². The van der Waals surface area contributed by atoms with E-state index in [-0.39, 0.29) is 6.04 Å². The highest BCUT2D eigenvalue weighted by molar-refractivity contribution is 5.65. The Morgan fingerprint density at radius 3 is 2.79 bits per heavy atom. The van der Waals surface area contributed by atoms with Crippen molar-refractivity contribution < 1.29 is 0 Å². The minimum absolute atomic E-state index is 0.278. The molecule has 0 aliphatic carbocycles. The highest BCUT2D eigenvalue weighted by Gasteiger charge is 2.09.